The monoisotopic (exact) mass is 1580 g/mol. The predicted molar refractivity (Wildman–Crippen MR) is 427 cm³/mol. The topological polar surface area (TPSA) is 371 Å². The van der Waals surface area contributed by atoms with Gasteiger partial charge in [0, 0.05) is 95.6 Å². The number of aryl methyl sites for hydroxylation is 1. The molecule has 3 aromatic carbocycles. The van der Waals surface area contributed by atoms with Gasteiger partial charge in [-0.05, 0) is 164 Å². The molecule has 0 amide bonds. The highest BCUT2D eigenvalue weighted by Crippen LogP contribution is 2.48. The number of rotatable bonds is 18. The normalized spacial score (nSPS) is 16.8. The summed E-state index contributed by atoms with van der Waals surface area (Å²) in [6, 6.07) is 28.3. The number of nitrogens with one attached hydrogen (secondary N) is 10. The Morgan fingerprint density at radius 1 is 0.402 bits per heavy atom. The molecule has 0 saturated carbocycles. The number of ether oxygens (including phenoxy) is 7. The molecule has 7 aromatic heterocycles. The van der Waals surface area contributed by atoms with Crippen molar-refractivity contribution in [3.05, 3.63) is 260 Å². The van der Waals surface area contributed by atoms with E-state index in [1.165, 1.54) is 0 Å². The van der Waals surface area contributed by atoms with Crippen molar-refractivity contribution in [2.45, 2.75) is 113 Å². The highest BCUT2D eigenvalue weighted by molar-refractivity contribution is 7.10. The fraction of sp³-hybridized carbons (Fsp3) is 0.296. The molecule has 112 heavy (non-hydrogen) atoms. The van der Waals surface area contributed by atoms with Crippen LogP contribution < -0.4 is 31.3 Å². The molecule has 5 atom stereocenters. The van der Waals surface area contributed by atoms with Crippen molar-refractivity contribution in [3.63, 3.8) is 0 Å². The number of hydrogen-bond acceptors (Lipinski definition) is 25. The lowest BCUT2D eigenvalue weighted by Crippen LogP contribution is -2.24. The van der Waals surface area contributed by atoms with Crippen molar-refractivity contribution in [1.29, 1.82) is 0 Å². The number of fused-ring (bicyclic) bond motifs is 5. The molecule has 10 aromatic rings. The molecule has 5 unspecified atom stereocenters. The van der Waals surface area contributed by atoms with E-state index >= 15 is 0 Å². The van der Waals surface area contributed by atoms with Gasteiger partial charge in [-0.15, -0.1) is 11.3 Å². The van der Waals surface area contributed by atoms with Crippen molar-refractivity contribution in [3.8, 4) is 5.75 Å². The van der Waals surface area contributed by atoms with Crippen molar-refractivity contribution in [2.75, 3.05) is 73.3 Å². The Hall–Kier alpha value is -12.3. The van der Waals surface area contributed by atoms with Crippen molar-refractivity contribution < 1.29 is 61.9 Å². The summed E-state index contributed by atoms with van der Waals surface area (Å²) < 4.78 is 36.4. The summed E-state index contributed by atoms with van der Waals surface area (Å²) in [5.41, 5.74) is 16.6. The summed E-state index contributed by atoms with van der Waals surface area (Å²) in [4.78, 5) is 75.2. The van der Waals surface area contributed by atoms with E-state index in [9.17, 15) is 28.8 Å². The van der Waals surface area contributed by atoms with Gasteiger partial charge in [-0.3, -0.25) is 25.5 Å². The molecule has 12 heterocycles. The maximum absolute atomic E-state index is 12.6. The quantitative estimate of drug-likeness (QED) is 0.0282. The predicted octanol–water partition coefficient (Wildman–Crippen LogP) is 15.3. The van der Waals surface area contributed by atoms with Gasteiger partial charge in [0.1, 0.15) is 29.0 Å². The first-order chi connectivity index (χ1) is 54.2. The maximum atomic E-state index is 12.6. The Kier molecular flexibility index (Phi) is 26.6. The maximum Gasteiger partial charge on any atom is 0.338 e. The van der Waals surface area contributed by atoms with Gasteiger partial charge >= 0.3 is 35.8 Å². The van der Waals surface area contributed by atoms with Crippen LogP contribution in [0.3, 0.4) is 0 Å². The second kappa shape index (κ2) is 37.0. The summed E-state index contributed by atoms with van der Waals surface area (Å²) in [5.74, 6) is 1.66. The van der Waals surface area contributed by atoms with Crippen LogP contribution in [0.2, 0.25) is 5.02 Å². The van der Waals surface area contributed by atoms with Crippen molar-refractivity contribution in [2.24, 2.45) is 0 Å². The van der Waals surface area contributed by atoms with Crippen LogP contribution in [0.5, 0.6) is 5.75 Å². The van der Waals surface area contributed by atoms with Crippen LogP contribution in [0.4, 0.5) is 29.1 Å². The average Bonchev–Trinajstić information content (AvgIpc) is 1.44. The van der Waals surface area contributed by atoms with Crippen LogP contribution in [-0.4, -0.2) is 134 Å². The third-order valence-corrected chi connectivity index (χ3v) is 20.8. The van der Waals surface area contributed by atoms with Gasteiger partial charge in [0.05, 0.1) is 111 Å². The Bertz CT molecular complexity index is 5080. The molecule has 0 aliphatic carbocycles. The Labute approximate surface area is 659 Å². The first-order valence-electron chi connectivity index (χ1n) is 36.3. The van der Waals surface area contributed by atoms with E-state index in [0.717, 1.165) is 118 Å². The van der Waals surface area contributed by atoms with E-state index in [1.54, 1.807) is 94.4 Å². The van der Waals surface area contributed by atoms with E-state index in [2.05, 4.69) is 83.0 Å². The van der Waals surface area contributed by atoms with E-state index in [4.69, 9.17) is 44.8 Å². The van der Waals surface area contributed by atoms with Gasteiger partial charge in [-0.1, -0.05) is 60.1 Å². The van der Waals surface area contributed by atoms with Crippen LogP contribution in [0.15, 0.2) is 188 Å². The SMILES string of the molecule is CCOC(=O)C1=C(C)Nc2[nH]ncc2C1c1ccc(C(=O)OCC)cc1.CCOC(=O)C1=C(C)Nc2[nH]ncc2C1c1ccc(OC)cc1.CCOC(=O)C1=C(C)Nc2[nH]ncc2C1c1cccs1.CCOC(=O)C1=C(C)Nc2[nH]ncc2C1c1ccsc1.CCOC(=O)C1=C(C)Nc2n[nH]c(C)c2C1c1ccccc1Cl. The minimum absolute atomic E-state index is 0.121. The lowest BCUT2D eigenvalue weighted by Gasteiger charge is -2.28. The number of nitrogens with zero attached hydrogens (tertiary/aromatic N) is 5. The molecule has 15 rings (SSSR count). The average molecular weight is 1580 g/mol. The highest BCUT2D eigenvalue weighted by Gasteiger charge is 2.41. The lowest BCUT2D eigenvalue weighted by atomic mass is 9.81. The number of halogens is 1. The smallest absolute Gasteiger partial charge is 0.338 e. The molecule has 10 N–H and O–H groups in total. The van der Waals surface area contributed by atoms with Crippen LogP contribution >= 0.6 is 34.3 Å². The molecule has 5 aliphatic heterocycles. The van der Waals surface area contributed by atoms with E-state index in [0.29, 0.717) is 83.8 Å². The molecule has 0 bridgehead atoms. The number of aromatic nitrogens is 10. The summed E-state index contributed by atoms with van der Waals surface area (Å²) in [6.45, 7) is 24.0. The zero-order valence-corrected chi connectivity index (χ0v) is 66.5. The standard InChI is InChI=1S/C19H21N3O4.C17H18ClN3O2.C17H19N3O3.2C14H15N3O2S/c1-4-25-18(23)13-8-6-12(7-9-13)16-14-10-20-22-17(14)21-11(3)15(16)19(24)26-5-2;1-4-23-17(22)14-9(2)19-16-13(10(3)20-21-16)15(14)11-7-5-6-8-12(11)18;1-4-23-17(21)14-10(2)19-16-13(9-18-20-16)15(14)11-5-7-12(22-3)8-6-11;1-3-19-14(18)11-8(2)16-13-10(6-15-17-13)12(11)9-4-5-20-7-9;1-3-19-14(18)11-8(2)16-13-9(7-15-17-13)12(11)10-5-4-6-20-10/h6-10,16H,4-5H2,1-3H3,(H2,20,21,22);5-8,15H,4H2,1-3H3,(H2,19,20,21);5-9,15H,4H2,1-3H3,(H2,18,19,20);2*4-7,12H,3H2,1-2H3,(H2,15,16,17). The van der Waals surface area contributed by atoms with Crippen LogP contribution in [-0.2, 0) is 52.4 Å². The summed E-state index contributed by atoms with van der Waals surface area (Å²) >= 11 is 9.65. The van der Waals surface area contributed by atoms with Gasteiger partial charge in [-0.2, -0.15) is 36.8 Å². The second-order valence-electron chi connectivity index (χ2n) is 25.7. The lowest BCUT2D eigenvalue weighted by molar-refractivity contribution is -0.139. The van der Waals surface area contributed by atoms with Crippen molar-refractivity contribution in [1.82, 2.24) is 51.0 Å². The largest absolute Gasteiger partial charge is 0.497 e. The number of aromatic amines is 5. The molecule has 0 saturated heterocycles. The summed E-state index contributed by atoms with van der Waals surface area (Å²) in [7, 11) is 1.63. The molecule has 584 valence electrons. The highest BCUT2D eigenvalue weighted by atomic mass is 35.5. The number of carbonyl (C=O) groups is 6. The van der Waals surface area contributed by atoms with Gasteiger partial charge in [0.25, 0.3) is 0 Å². The van der Waals surface area contributed by atoms with Crippen molar-refractivity contribution >= 4 is 99.2 Å². The first kappa shape index (κ1) is 80.7. The van der Waals surface area contributed by atoms with Crippen LogP contribution in [0.25, 0.3) is 0 Å². The van der Waals surface area contributed by atoms with E-state index < -0.39 is 0 Å². The second-order valence-corrected chi connectivity index (χ2v) is 27.9. The number of carbonyl (C=O) groups excluding carboxylic acids is 6. The molecular formula is C81H88ClN15O13S2. The Morgan fingerprint density at radius 2 is 0.786 bits per heavy atom. The minimum atomic E-state index is -0.371. The number of H-pyrrole nitrogens is 5. The molecule has 0 fully saturated rings. The number of esters is 6. The molecule has 0 radical (unpaired) electrons. The number of benzene rings is 3. The third kappa shape index (κ3) is 17.3. The van der Waals surface area contributed by atoms with E-state index in [1.807, 2.05) is 145 Å². The fourth-order valence-electron chi connectivity index (χ4n) is 13.9. The third-order valence-electron chi connectivity index (χ3n) is 18.8. The van der Waals surface area contributed by atoms with Gasteiger partial charge in [0.15, 0.2) is 5.82 Å². The summed E-state index contributed by atoms with van der Waals surface area (Å²) in [6.07, 6.45) is 6.95. The number of hydrogen-bond donors (Lipinski definition) is 10. The Morgan fingerprint density at radius 3 is 1.18 bits per heavy atom. The summed E-state index contributed by atoms with van der Waals surface area (Å²) in [5, 5.41) is 57.9. The number of methoxy groups -OCH3 is 1. The first-order valence-corrected chi connectivity index (χ1v) is 38.5. The zero-order chi connectivity index (χ0) is 79.9. The molecule has 31 heteroatoms. The zero-order valence-electron chi connectivity index (χ0n) is 64.1. The minimum Gasteiger partial charge on any atom is -0.497 e. The number of anilines is 5. The number of thiophene rings is 2. The number of allylic oxidation sites excluding steroid dienone is 5. The van der Waals surface area contributed by atoms with Gasteiger partial charge in [-0.25, -0.2) is 28.8 Å². The van der Waals surface area contributed by atoms with E-state index in [-0.39, 0.29) is 65.4 Å². The fourth-order valence-corrected chi connectivity index (χ4v) is 15.7. The van der Waals surface area contributed by atoms with Gasteiger partial charge in [0.2, 0.25) is 0 Å². The molecule has 0 spiro atoms. The van der Waals surface area contributed by atoms with Crippen LogP contribution in [0.1, 0.15) is 177 Å². The molecular weight excluding hydrogens is 1490 g/mol. The molecule has 28 nitrogen and oxygen atoms in total. The van der Waals surface area contributed by atoms with Crippen LogP contribution in [0, 0.1) is 6.92 Å². The molecule has 5 aliphatic rings. The Balaban J connectivity index is 0.000000139. The van der Waals surface area contributed by atoms with Gasteiger partial charge < -0.3 is 59.7 Å².